The molecule has 3 aromatic rings. The van der Waals surface area contributed by atoms with Crippen molar-refractivity contribution >= 4 is 27.5 Å². The first kappa shape index (κ1) is 23.2. The molecule has 32 heavy (non-hydrogen) atoms. The van der Waals surface area contributed by atoms with Gasteiger partial charge < -0.3 is 14.8 Å². The Hall–Kier alpha value is -2.01. The lowest BCUT2D eigenvalue weighted by Crippen LogP contribution is -2.15. The number of nitrogens with one attached hydrogen (secondary N) is 1. The SMILES string of the molecule is CCCNCc1cc(Cl)c(OCc2cccc(-c3ccccc3)c2Br)cc1OCC1CC1. The van der Waals surface area contributed by atoms with Gasteiger partial charge >= 0.3 is 0 Å². The van der Waals surface area contributed by atoms with Crippen LogP contribution < -0.4 is 14.8 Å². The van der Waals surface area contributed by atoms with E-state index in [1.807, 2.05) is 30.3 Å². The molecule has 0 saturated heterocycles. The highest BCUT2D eigenvalue weighted by molar-refractivity contribution is 9.10. The Balaban J connectivity index is 1.51. The quantitative estimate of drug-likeness (QED) is 0.267. The molecule has 3 nitrogen and oxygen atoms in total. The van der Waals surface area contributed by atoms with Crippen LogP contribution in [0.2, 0.25) is 5.02 Å². The van der Waals surface area contributed by atoms with Crippen molar-refractivity contribution in [2.75, 3.05) is 13.2 Å². The van der Waals surface area contributed by atoms with Crippen LogP contribution in [0.1, 0.15) is 37.3 Å². The molecule has 168 valence electrons. The third-order valence-corrected chi connectivity index (χ3v) is 6.81. The fraction of sp³-hybridized carbons (Fsp3) is 0.333. The Bertz CT molecular complexity index is 1040. The van der Waals surface area contributed by atoms with Crippen molar-refractivity contribution in [3.8, 4) is 22.6 Å². The smallest absolute Gasteiger partial charge is 0.142 e. The molecule has 5 heteroatoms. The average molecular weight is 515 g/mol. The molecule has 0 unspecified atom stereocenters. The van der Waals surface area contributed by atoms with Crippen LogP contribution in [-0.4, -0.2) is 13.2 Å². The minimum absolute atomic E-state index is 0.413. The lowest BCUT2D eigenvalue weighted by Gasteiger charge is -2.17. The minimum Gasteiger partial charge on any atom is -0.493 e. The monoisotopic (exact) mass is 513 g/mol. The van der Waals surface area contributed by atoms with Crippen molar-refractivity contribution in [2.24, 2.45) is 5.92 Å². The molecule has 0 atom stereocenters. The first-order chi connectivity index (χ1) is 15.7. The van der Waals surface area contributed by atoms with Crippen LogP contribution >= 0.6 is 27.5 Å². The Morgan fingerprint density at radius 3 is 2.53 bits per heavy atom. The van der Waals surface area contributed by atoms with Crippen LogP contribution in [0.15, 0.2) is 65.1 Å². The van der Waals surface area contributed by atoms with Gasteiger partial charge in [-0.2, -0.15) is 0 Å². The summed E-state index contributed by atoms with van der Waals surface area (Å²) >= 11 is 10.4. The van der Waals surface area contributed by atoms with E-state index in [4.69, 9.17) is 21.1 Å². The Morgan fingerprint density at radius 1 is 0.969 bits per heavy atom. The number of benzene rings is 3. The summed E-state index contributed by atoms with van der Waals surface area (Å²) in [7, 11) is 0. The van der Waals surface area contributed by atoms with Crippen LogP contribution in [0, 0.1) is 5.92 Å². The maximum Gasteiger partial charge on any atom is 0.142 e. The molecule has 0 aromatic heterocycles. The van der Waals surface area contributed by atoms with Crippen molar-refractivity contribution in [3.63, 3.8) is 0 Å². The van der Waals surface area contributed by atoms with E-state index >= 15 is 0 Å². The Kier molecular flexibility index (Phi) is 8.12. The van der Waals surface area contributed by atoms with Gasteiger partial charge in [0.05, 0.1) is 11.6 Å². The zero-order valence-corrected chi connectivity index (χ0v) is 20.7. The predicted octanol–water partition coefficient (Wildman–Crippen LogP) is 7.64. The summed E-state index contributed by atoms with van der Waals surface area (Å²) in [5.74, 6) is 2.19. The normalized spacial score (nSPS) is 13.2. The van der Waals surface area contributed by atoms with Gasteiger partial charge in [-0.05, 0) is 64.8 Å². The topological polar surface area (TPSA) is 30.5 Å². The second-order valence-electron chi connectivity index (χ2n) is 8.25. The van der Waals surface area contributed by atoms with E-state index in [0.717, 1.165) is 53.0 Å². The van der Waals surface area contributed by atoms with Gasteiger partial charge in [0.1, 0.15) is 18.1 Å². The zero-order chi connectivity index (χ0) is 22.3. The molecule has 1 fully saturated rings. The second-order valence-corrected chi connectivity index (χ2v) is 9.46. The largest absolute Gasteiger partial charge is 0.493 e. The van der Waals surface area contributed by atoms with Crippen molar-refractivity contribution in [2.45, 2.75) is 39.3 Å². The lowest BCUT2D eigenvalue weighted by molar-refractivity contribution is 0.284. The van der Waals surface area contributed by atoms with Gasteiger partial charge in [0.15, 0.2) is 0 Å². The van der Waals surface area contributed by atoms with Crippen LogP contribution in [0.3, 0.4) is 0 Å². The molecule has 0 heterocycles. The molecule has 0 amide bonds. The van der Waals surface area contributed by atoms with Crippen LogP contribution in [0.5, 0.6) is 11.5 Å². The number of rotatable bonds is 11. The Morgan fingerprint density at radius 2 is 1.78 bits per heavy atom. The van der Waals surface area contributed by atoms with Gasteiger partial charge in [0.2, 0.25) is 0 Å². The van der Waals surface area contributed by atoms with E-state index in [1.165, 1.54) is 18.4 Å². The second kappa shape index (κ2) is 11.2. The number of hydrogen-bond donors (Lipinski definition) is 1. The fourth-order valence-electron chi connectivity index (χ4n) is 3.54. The zero-order valence-electron chi connectivity index (χ0n) is 18.4. The summed E-state index contributed by atoms with van der Waals surface area (Å²) in [6.07, 6.45) is 3.60. The summed E-state index contributed by atoms with van der Waals surface area (Å²) in [5.41, 5.74) is 4.45. The molecule has 0 bridgehead atoms. The minimum atomic E-state index is 0.413. The number of halogens is 2. The van der Waals surface area contributed by atoms with Gasteiger partial charge in [0, 0.05) is 28.2 Å². The van der Waals surface area contributed by atoms with Gasteiger partial charge in [-0.1, -0.05) is 67.1 Å². The molecule has 1 aliphatic carbocycles. The first-order valence-corrected chi connectivity index (χ1v) is 12.4. The highest BCUT2D eigenvalue weighted by atomic mass is 79.9. The third-order valence-electron chi connectivity index (χ3n) is 5.58. The molecule has 1 saturated carbocycles. The van der Waals surface area contributed by atoms with Gasteiger partial charge in [-0.3, -0.25) is 0 Å². The number of ether oxygens (including phenoxy) is 2. The summed E-state index contributed by atoms with van der Waals surface area (Å²) in [5, 5.41) is 4.05. The van der Waals surface area contributed by atoms with E-state index in [1.54, 1.807) is 0 Å². The molecule has 3 aromatic carbocycles. The molecule has 1 aliphatic rings. The maximum atomic E-state index is 6.60. The third kappa shape index (κ3) is 6.06. The maximum absolute atomic E-state index is 6.60. The Labute approximate surface area is 204 Å². The van der Waals surface area contributed by atoms with Crippen molar-refractivity contribution in [1.29, 1.82) is 0 Å². The molecule has 0 aliphatic heterocycles. The summed E-state index contributed by atoms with van der Waals surface area (Å²) in [6, 6.07) is 20.5. The van der Waals surface area contributed by atoms with Crippen molar-refractivity contribution in [1.82, 2.24) is 5.32 Å². The summed E-state index contributed by atoms with van der Waals surface area (Å²) < 4.78 is 13.4. The highest BCUT2D eigenvalue weighted by Gasteiger charge is 2.23. The van der Waals surface area contributed by atoms with E-state index in [2.05, 4.69) is 58.5 Å². The van der Waals surface area contributed by atoms with E-state index in [-0.39, 0.29) is 0 Å². The molecule has 1 N–H and O–H groups in total. The van der Waals surface area contributed by atoms with Gasteiger partial charge in [-0.25, -0.2) is 0 Å². The van der Waals surface area contributed by atoms with Crippen LogP contribution in [0.25, 0.3) is 11.1 Å². The van der Waals surface area contributed by atoms with Crippen molar-refractivity contribution < 1.29 is 9.47 Å². The standard InChI is InChI=1S/C27H29BrClNO2/c1-2-13-30-16-22-14-24(29)26(15-25(22)31-17-19-11-12-19)32-18-21-9-6-10-23(27(21)28)20-7-4-3-5-8-20/h3-10,14-15,19,30H,2,11-13,16-18H2,1H3. The highest BCUT2D eigenvalue weighted by Crippen LogP contribution is 2.37. The molecule has 0 spiro atoms. The number of hydrogen-bond acceptors (Lipinski definition) is 3. The van der Waals surface area contributed by atoms with Gasteiger partial charge in [0.25, 0.3) is 0 Å². The van der Waals surface area contributed by atoms with Gasteiger partial charge in [-0.15, -0.1) is 0 Å². The molecule has 4 rings (SSSR count). The van der Waals surface area contributed by atoms with E-state index in [0.29, 0.717) is 23.3 Å². The fourth-order valence-corrected chi connectivity index (χ4v) is 4.39. The molecule has 0 radical (unpaired) electrons. The predicted molar refractivity (Wildman–Crippen MR) is 136 cm³/mol. The summed E-state index contributed by atoms with van der Waals surface area (Å²) in [6.45, 7) is 5.03. The average Bonchev–Trinajstić information content (AvgIpc) is 3.64. The summed E-state index contributed by atoms with van der Waals surface area (Å²) in [4.78, 5) is 0. The first-order valence-electron chi connectivity index (χ1n) is 11.3. The van der Waals surface area contributed by atoms with Crippen molar-refractivity contribution in [3.05, 3.63) is 81.3 Å². The van der Waals surface area contributed by atoms with E-state index in [9.17, 15) is 0 Å². The van der Waals surface area contributed by atoms with E-state index < -0.39 is 0 Å². The van der Waals surface area contributed by atoms with Crippen LogP contribution in [0.4, 0.5) is 0 Å². The molecular weight excluding hydrogens is 486 g/mol. The van der Waals surface area contributed by atoms with Crippen LogP contribution in [-0.2, 0) is 13.2 Å². The molecular formula is C27H29BrClNO2. The lowest BCUT2D eigenvalue weighted by atomic mass is 10.0.